The summed E-state index contributed by atoms with van der Waals surface area (Å²) in [5.41, 5.74) is 1.64. The van der Waals surface area contributed by atoms with Crippen molar-refractivity contribution >= 4 is 11.9 Å². The van der Waals surface area contributed by atoms with Crippen LogP contribution in [0.4, 0.5) is 0 Å². The van der Waals surface area contributed by atoms with E-state index < -0.39 is 11.9 Å². The van der Waals surface area contributed by atoms with Crippen molar-refractivity contribution in [2.45, 2.75) is 26.7 Å². The monoisotopic (exact) mass is 252 g/mol. The average molecular weight is 252 g/mol. The maximum absolute atomic E-state index is 11.2. The van der Waals surface area contributed by atoms with Gasteiger partial charge in [-0.05, 0) is 24.0 Å². The van der Waals surface area contributed by atoms with Crippen LogP contribution in [0.3, 0.4) is 0 Å². The molecule has 0 aromatic heterocycles. The molecule has 0 heterocycles. The van der Waals surface area contributed by atoms with Crippen molar-refractivity contribution < 1.29 is 19.1 Å². The quantitative estimate of drug-likeness (QED) is 0.378. The SMILES string of the molecule is C=C(CC)COC(=O)/C=C\C(=O)OCC(=C)CC. The molecule has 100 valence electrons. The molecular weight excluding hydrogens is 232 g/mol. The minimum absolute atomic E-state index is 0.168. The van der Waals surface area contributed by atoms with Gasteiger partial charge in [0.1, 0.15) is 13.2 Å². The average Bonchev–Trinajstić information content (AvgIpc) is 2.39. The van der Waals surface area contributed by atoms with Gasteiger partial charge in [-0.2, -0.15) is 0 Å². The molecule has 18 heavy (non-hydrogen) atoms. The zero-order valence-corrected chi connectivity index (χ0v) is 11.0. The molecule has 4 nitrogen and oxygen atoms in total. The lowest BCUT2D eigenvalue weighted by Crippen LogP contribution is -2.07. The maximum Gasteiger partial charge on any atom is 0.331 e. The Hall–Kier alpha value is -1.84. The summed E-state index contributed by atoms with van der Waals surface area (Å²) in [4.78, 5) is 22.4. The molecule has 0 fully saturated rings. The van der Waals surface area contributed by atoms with Crippen LogP contribution in [0, 0.1) is 0 Å². The van der Waals surface area contributed by atoms with E-state index in [1.807, 2.05) is 13.8 Å². The number of hydrogen-bond donors (Lipinski definition) is 0. The number of hydrogen-bond acceptors (Lipinski definition) is 4. The molecule has 0 rings (SSSR count). The van der Waals surface area contributed by atoms with Gasteiger partial charge < -0.3 is 9.47 Å². The van der Waals surface area contributed by atoms with E-state index in [-0.39, 0.29) is 13.2 Å². The van der Waals surface area contributed by atoms with E-state index in [9.17, 15) is 9.59 Å². The summed E-state index contributed by atoms with van der Waals surface area (Å²) >= 11 is 0. The second-order valence-corrected chi connectivity index (χ2v) is 3.76. The Bertz CT molecular complexity index is 319. The van der Waals surface area contributed by atoms with Crippen LogP contribution in [0.15, 0.2) is 36.5 Å². The number of carbonyl (C=O) groups excluding carboxylic acids is 2. The van der Waals surface area contributed by atoms with Crippen LogP contribution < -0.4 is 0 Å². The number of ether oxygens (including phenoxy) is 2. The molecule has 0 aliphatic rings. The lowest BCUT2D eigenvalue weighted by atomic mass is 10.2. The van der Waals surface area contributed by atoms with Crippen molar-refractivity contribution in [3.05, 3.63) is 36.5 Å². The van der Waals surface area contributed by atoms with E-state index >= 15 is 0 Å². The Morgan fingerprint density at radius 1 is 0.889 bits per heavy atom. The Labute approximate surface area is 108 Å². The first-order valence-corrected chi connectivity index (χ1v) is 5.84. The fraction of sp³-hybridized carbons (Fsp3) is 0.429. The van der Waals surface area contributed by atoms with E-state index in [4.69, 9.17) is 9.47 Å². The van der Waals surface area contributed by atoms with Gasteiger partial charge in [0.15, 0.2) is 0 Å². The fourth-order valence-electron chi connectivity index (χ4n) is 0.783. The number of rotatable bonds is 8. The normalized spacial score (nSPS) is 10.1. The molecule has 0 aliphatic heterocycles. The molecule has 4 heteroatoms. The minimum Gasteiger partial charge on any atom is -0.458 e. The summed E-state index contributed by atoms with van der Waals surface area (Å²) < 4.78 is 9.68. The van der Waals surface area contributed by atoms with Crippen molar-refractivity contribution in [2.75, 3.05) is 13.2 Å². The minimum atomic E-state index is -0.587. The van der Waals surface area contributed by atoms with Crippen LogP contribution in [0.25, 0.3) is 0 Å². The van der Waals surface area contributed by atoms with E-state index in [2.05, 4.69) is 13.2 Å². The third kappa shape index (κ3) is 8.33. The van der Waals surface area contributed by atoms with Crippen LogP contribution in [0.5, 0.6) is 0 Å². The second-order valence-electron chi connectivity index (χ2n) is 3.76. The molecule has 0 spiro atoms. The van der Waals surface area contributed by atoms with Gasteiger partial charge in [0, 0.05) is 12.2 Å². The largest absolute Gasteiger partial charge is 0.458 e. The smallest absolute Gasteiger partial charge is 0.331 e. The summed E-state index contributed by atoms with van der Waals surface area (Å²) in [7, 11) is 0. The van der Waals surface area contributed by atoms with Gasteiger partial charge in [-0.15, -0.1) is 0 Å². The van der Waals surface area contributed by atoms with E-state index in [1.54, 1.807) is 0 Å². The molecule has 0 N–H and O–H groups in total. The highest BCUT2D eigenvalue weighted by molar-refractivity contribution is 5.91. The topological polar surface area (TPSA) is 52.6 Å². The van der Waals surface area contributed by atoms with E-state index in [0.717, 1.165) is 36.1 Å². The first-order valence-electron chi connectivity index (χ1n) is 5.84. The molecule has 0 unspecified atom stereocenters. The standard InChI is InChI=1S/C14H20O4/c1-5-11(3)9-17-13(15)7-8-14(16)18-10-12(4)6-2/h7-8H,3-6,9-10H2,1-2H3/b8-7-. The van der Waals surface area contributed by atoms with Gasteiger partial charge in [-0.3, -0.25) is 0 Å². The number of carbonyl (C=O) groups is 2. The molecule has 0 saturated carbocycles. The van der Waals surface area contributed by atoms with Crippen LogP contribution >= 0.6 is 0 Å². The van der Waals surface area contributed by atoms with Gasteiger partial charge in [-0.25, -0.2) is 9.59 Å². The van der Waals surface area contributed by atoms with Crippen LogP contribution in [0.1, 0.15) is 26.7 Å². The molecule has 0 bridgehead atoms. The van der Waals surface area contributed by atoms with Crippen molar-refractivity contribution in [3.8, 4) is 0 Å². The highest BCUT2D eigenvalue weighted by Crippen LogP contribution is 1.99. The first kappa shape index (κ1) is 16.2. The molecule has 0 saturated heterocycles. The fourth-order valence-corrected chi connectivity index (χ4v) is 0.783. The molecule has 0 amide bonds. The van der Waals surface area contributed by atoms with Crippen molar-refractivity contribution in [2.24, 2.45) is 0 Å². The van der Waals surface area contributed by atoms with Crippen molar-refractivity contribution in [1.82, 2.24) is 0 Å². The highest BCUT2D eigenvalue weighted by atomic mass is 16.5. The van der Waals surface area contributed by atoms with E-state index in [0.29, 0.717) is 0 Å². The summed E-state index contributed by atoms with van der Waals surface area (Å²) in [5, 5.41) is 0. The molecule has 0 atom stereocenters. The lowest BCUT2D eigenvalue weighted by Gasteiger charge is -2.03. The molecule has 0 aromatic rings. The Balaban J connectivity index is 3.92. The third-order valence-corrected chi connectivity index (χ3v) is 2.19. The predicted octanol–water partition coefficient (Wildman–Crippen LogP) is 2.56. The van der Waals surface area contributed by atoms with Crippen molar-refractivity contribution in [3.63, 3.8) is 0 Å². The number of esters is 2. The molecule has 0 aromatic carbocycles. The zero-order chi connectivity index (χ0) is 14.0. The van der Waals surface area contributed by atoms with E-state index in [1.165, 1.54) is 0 Å². The molecule has 0 aliphatic carbocycles. The zero-order valence-electron chi connectivity index (χ0n) is 11.0. The first-order chi connectivity index (χ1) is 8.49. The van der Waals surface area contributed by atoms with Gasteiger partial charge in [-0.1, -0.05) is 27.0 Å². The highest BCUT2D eigenvalue weighted by Gasteiger charge is 2.02. The van der Waals surface area contributed by atoms with Gasteiger partial charge in [0.25, 0.3) is 0 Å². The summed E-state index contributed by atoms with van der Waals surface area (Å²) in [6.07, 6.45) is 3.58. The molecule has 0 radical (unpaired) electrons. The second kappa shape index (κ2) is 9.22. The van der Waals surface area contributed by atoms with Gasteiger partial charge in [0.05, 0.1) is 0 Å². The Morgan fingerprint density at radius 3 is 1.50 bits per heavy atom. The summed E-state index contributed by atoms with van der Waals surface area (Å²) in [6, 6.07) is 0. The van der Waals surface area contributed by atoms with Crippen LogP contribution in [0.2, 0.25) is 0 Å². The summed E-state index contributed by atoms with van der Waals surface area (Å²) in [5.74, 6) is -1.17. The Morgan fingerprint density at radius 2 is 1.22 bits per heavy atom. The lowest BCUT2D eigenvalue weighted by molar-refractivity contribution is -0.139. The van der Waals surface area contributed by atoms with Crippen molar-refractivity contribution in [1.29, 1.82) is 0 Å². The predicted molar refractivity (Wildman–Crippen MR) is 69.9 cm³/mol. The van der Waals surface area contributed by atoms with Gasteiger partial charge in [0.2, 0.25) is 0 Å². The van der Waals surface area contributed by atoms with Crippen LogP contribution in [-0.2, 0) is 19.1 Å². The Kier molecular flexibility index (Phi) is 8.27. The van der Waals surface area contributed by atoms with Crippen LogP contribution in [-0.4, -0.2) is 25.2 Å². The third-order valence-electron chi connectivity index (χ3n) is 2.19. The molecular formula is C14H20O4. The van der Waals surface area contributed by atoms with Gasteiger partial charge >= 0.3 is 11.9 Å². The summed E-state index contributed by atoms with van der Waals surface area (Å²) in [6.45, 7) is 11.6. The maximum atomic E-state index is 11.2.